The van der Waals surface area contributed by atoms with Crippen molar-refractivity contribution in [2.24, 2.45) is 0 Å². The molecule has 1 heterocycles. The topological polar surface area (TPSA) is 76.8 Å². The molecular formula is C9H9ClN4O. The molecule has 0 aliphatic rings. The molecule has 0 atom stereocenters. The van der Waals surface area contributed by atoms with Gasteiger partial charge in [0.05, 0.1) is 12.1 Å². The third kappa shape index (κ3) is 1.87. The highest BCUT2D eigenvalue weighted by molar-refractivity contribution is 6.33. The largest absolute Gasteiger partial charge is 0.497 e. The van der Waals surface area contributed by atoms with Gasteiger partial charge in [-0.15, -0.1) is 5.10 Å². The Morgan fingerprint density at radius 3 is 2.87 bits per heavy atom. The zero-order chi connectivity index (χ0) is 10.8. The Balaban J connectivity index is 2.51. The van der Waals surface area contributed by atoms with Crippen LogP contribution in [0.5, 0.6) is 5.75 Å². The predicted molar refractivity (Wildman–Crippen MR) is 57.8 cm³/mol. The van der Waals surface area contributed by atoms with Gasteiger partial charge in [0.1, 0.15) is 5.75 Å². The van der Waals surface area contributed by atoms with E-state index in [1.165, 1.54) is 0 Å². The van der Waals surface area contributed by atoms with Crippen LogP contribution in [0, 0.1) is 0 Å². The number of aromatic nitrogens is 3. The van der Waals surface area contributed by atoms with Gasteiger partial charge in [-0.2, -0.15) is 4.98 Å². The second-order valence-electron chi connectivity index (χ2n) is 2.89. The second kappa shape index (κ2) is 3.78. The summed E-state index contributed by atoms with van der Waals surface area (Å²) < 4.78 is 5.09. The lowest BCUT2D eigenvalue weighted by Gasteiger charge is -2.03. The Labute approximate surface area is 91.2 Å². The Morgan fingerprint density at radius 2 is 2.27 bits per heavy atom. The second-order valence-corrected chi connectivity index (χ2v) is 3.30. The summed E-state index contributed by atoms with van der Waals surface area (Å²) in [5, 5.41) is 6.98. The number of nitrogens with two attached hydrogens (primary N) is 1. The van der Waals surface area contributed by atoms with Crippen molar-refractivity contribution in [3.05, 3.63) is 23.2 Å². The van der Waals surface area contributed by atoms with Crippen LogP contribution in [0.25, 0.3) is 11.4 Å². The summed E-state index contributed by atoms with van der Waals surface area (Å²) >= 11 is 6.01. The Hall–Kier alpha value is -1.75. The fourth-order valence-electron chi connectivity index (χ4n) is 1.21. The van der Waals surface area contributed by atoms with Crippen LogP contribution in [-0.2, 0) is 0 Å². The van der Waals surface area contributed by atoms with Gasteiger partial charge >= 0.3 is 0 Å². The monoisotopic (exact) mass is 224 g/mol. The van der Waals surface area contributed by atoms with E-state index in [9.17, 15) is 0 Å². The van der Waals surface area contributed by atoms with Crippen LogP contribution in [0.2, 0.25) is 5.02 Å². The number of anilines is 1. The van der Waals surface area contributed by atoms with Crippen molar-refractivity contribution in [1.82, 2.24) is 15.2 Å². The first-order chi connectivity index (χ1) is 7.20. The molecule has 0 aliphatic heterocycles. The molecule has 1 aromatic carbocycles. The van der Waals surface area contributed by atoms with E-state index in [-0.39, 0.29) is 5.95 Å². The van der Waals surface area contributed by atoms with Crippen molar-refractivity contribution in [3.8, 4) is 17.1 Å². The van der Waals surface area contributed by atoms with E-state index in [4.69, 9.17) is 22.1 Å². The molecule has 1 aromatic heterocycles. The maximum absolute atomic E-state index is 6.01. The van der Waals surface area contributed by atoms with Gasteiger partial charge in [0, 0.05) is 5.56 Å². The van der Waals surface area contributed by atoms with Gasteiger partial charge in [0.25, 0.3) is 0 Å². The Kier molecular flexibility index (Phi) is 2.47. The number of nitrogens with one attached hydrogen (secondary N) is 1. The molecule has 0 amide bonds. The van der Waals surface area contributed by atoms with Crippen LogP contribution in [0.3, 0.4) is 0 Å². The quantitative estimate of drug-likeness (QED) is 0.814. The van der Waals surface area contributed by atoms with Crippen LogP contribution in [0.1, 0.15) is 0 Å². The number of rotatable bonds is 2. The van der Waals surface area contributed by atoms with Crippen molar-refractivity contribution < 1.29 is 4.74 Å². The van der Waals surface area contributed by atoms with Crippen molar-refractivity contribution >= 4 is 17.5 Å². The lowest BCUT2D eigenvalue weighted by Crippen LogP contribution is -1.87. The van der Waals surface area contributed by atoms with Crippen LogP contribution in [0.4, 0.5) is 5.95 Å². The summed E-state index contributed by atoms with van der Waals surface area (Å²) in [5.41, 5.74) is 6.12. The molecule has 0 saturated carbocycles. The first-order valence-electron chi connectivity index (χ1n) is 4.22. The molecule has 2 rings (SSSR count). The standard InChI is InChI=1S/C9H9ClN4O/c1-15-5-2-3-7(10)6(4-5)8-12-9(11)14-13-8/h2-4H,1H3,(H3,11,12,13,14). The third-order valence-electron chi connectivity index (χ3n) is 1.93. The summed E-state index contributed by atoms with van der Waals surface area (Å²) in [6.07, 6.45) is 0. The predicted octanol–water partition coefficient (Wildman–Crippen LogP) is 1.72. The Bertz CT molecular complexity index is 483. The molecule has 5 nitrogen and oxygen atoms in total. The van der Waals surface area contributed by atoms with Gasteiger partial charge < -0.3 is 10.5 Å². The average molecular weight is 225 g/mol. The summed E-state index contributed by atoms with van der Waals surface area (Å²) in [7, 11) is 1.59. The summed E-state index contributed by atoms with van der Waals surface area (Å²) in [4.78, 5) is 3.99. The van der Waals surface area contributed by atoms with Crippen LogP contribution in [-0.4, -0.2) is 22.3 Å². The highest BCUT2D eigenvalue weighted by Crippen LogP contribution is 2.29. The number of nitrogen functional groups attached to an aromatic ring is 1. The van der Waals surface area contributed by atoms with Crippen molar-refractivity contribution in [2.75, 3.05) is 12.8 Å². The number of benzene rings is 1. The van der Waals surface area contributed by atoms with Crippen LogP contribution in [0.15, 0.2) is 18.2 Å². The molecule has 78 valence electrons. The minimum atomic E-state index is 0.184. The fraction of sp³-hybridized carbons (Fsp3) is 0.111. The number of ether oxygens (including phenoxy) is 1. The third-order valence-corrected chi connectivity index (χ3v) is 2.26. The van der Waals surface area contributed by atoms with E-state index in [1.54, 1.807) is 25.3 Å². The van der Waals surface area contributed by atoms with Crippen LogP contribution >= 0.6 is 11.6 Å². The van der Waals surface area contributed by atoms with E-state index in [2.05, 4.69) is 15.2 Å². The molecule has 0 unspecified atom stereocenters. The van der Waals surface area contributed by atoms with E-state index < -0.39 is 0 Å². The smallest absolute Gasteiger partial charge is 0.239 e. The zero-order valence-corrected chi connectivity index (χ0v) is 8.75. The molecule has 15 heavy (non-hydrogen) atoms. The highest BCUT2D eigenvalue weighted by Gasteiger charge is 2.09. The number of halogens is 1. The number of methoxy groups -OCH3 is 1. The maximum atomic E-state index is 6.01. The van der Waals surface area contributed by atoms with E-state index >= 15 is 0 Å². The van der Waals surface area contributed by atoms with Crippen LogP contribution < -0.4 is 10.5 Å². The molecular weight excluding hydrogens is 216 g/mol. The number of aromatic amines is 1. The van der Waals surface area contributed by atoms with E-state index in [0.29, 0.717) is 22.2 Å². The van der Waals surface area contributed by atoms with Gasteiger partial charge in [0.2, 0.25) is 5.95 Å². The molecule has 2 aromatic rings. The molecule has 0 radical (unpaired) electrons. The molecule has 0 fully saturated rings. The summed E-state index contributed by atoms with van der Waals surface area (Å²) in [6.45, 7) is 0. The minimum Gasteiger partial charge on any atom is -0.497 e. The van der Waals surface area contributed by atoms with Crippen molar-refractivity contribution in [1.29, 1.82) is 0 Å². The van der Waals surface area contributed by atoms with E-state index in [1.807, 2.05) is 0 Å². The first-order valence-corrected chi connectivity index (χ1v) is 4.60. The SMILES string of the molecule is COc1ccc(Cl)c(-c2nc(N)n[nH]2)c1. The first kappa shape index (κ1) is 9.79. The molecule has 0 spiro atoms. The lowest BCUT2D eigenvalue weighted by atomic mass is 10.2. The minimum absolute atomic E-state index is 0.184. The van der Waals surface area contributed by atoms with E-state index in [0.717, 1.165) is 0 Å². The van der Waals surface area contributed by atoms with Gasteiger partial charge in [0.15, 0.2) is 5.82 Å². The molecule has 0 bridgehead atoms. The number of nitrogens with zero attached hydrogens (tertiary/aromatic N) is 2. The van der Waals surface area contributed by atoms with Crippen molar-refractivity contribution in [2.45, 2.75) is 0 Å². The van der Waals surface area contributed by atoms with Crippen molar-refractivity contribution in [3.63, 3.8) is 0 Å². The zero-order valence-electron chi connectivity index (χ0n) is 7.99. The molecule has 0 aliphatic carbocycles. The van der Waals surface area contributed by atoms with Gasteiger partial charge in [-0.1, -0.05) is 11.6 Å². The maximum Gasteiger partial charge on any atom is 0.239 e. The van der Waals surface area contributed by atoms with Gasteiger partial charge in [-0.25, -0.2) is 0 Å². The lowest BCUT2D eigenvalue weighted by molar-refractivity contribution is 0.415. The summed E-state index contributed by atoms with van der Waals surface area (Å²) in [6, 6.07) is 5.27. The number of hydrogen-bond acceptors (Lipinski definition) is 4. The summed E-state index contributed by atoms with van der Waals surface area (Å²) in [5.74, 6) is 1.41. The molecule has 0 saturated heterocycles. The highest BCUT2D eigenvalue weighted by atomic mass is 35.5. The van der Waals surface area contributed by atoms with Gasteiger partial charge in [-0.05, 0) is 18.2 Å². The number of H-pyrrole nitrogens is 1. The molecule has 6 heteroatoms. The number of hydrogen-bond donors (Lipinski definition) is 2. The Morgan fingerprint density at radius 1 is 1.47 bits per heavy atom. The molecule has 3 N–H and O–H groups in total. The normalized spacial score (nSPS) is 10.3. The fourth-order valence-corrected chi connectivity index (χ4v) is 1.42. The average Bonchev–Trinajstić information content (AvgIpc) is 2.65. The van der Waals surface area contributed by atoms with Gasteiger partial charge in [-0.3, -0.25) is 5.10 Å².